The summed E-state index contributed by atoms with van der Waals surface area (Å²) in [4.78, 5) is 12.9. The topological polar surface area (TPSA) is 105 Å². The minimum Gasteiger partial charge on any atom is -0.459 e. The number of carbonyl (C=O) groups excluding carboxylic acids is 1. The number of rotatable bonds is 6. The minimum absolute atomic E-state index is 0.0368. The van der Waals surface area contributed by atoms with E-state index in [0.717, 1.165) is 0 Å². The zero-order valence-electron chi connectivity index (χ0n) is 15.9. The lowest BCUT2D eigenvalue weighted by Crippen LogP contribution is -2.26. The summed E-state index contributed by atoms with van der Waals surface area (Å²) < 4.78 is 37.0. The second-order valence-corrected chi connectivity index (χ2v) is 9.01. The Balaban J connectivity index is 1.68. The van der Waals surface area contributed by atoms with E-state index in [1.807, 2.05) is 0 Å². The molecule has 0 radical (unpaired) electrons. The fraction of sp³-hybridized carbons (Fsp3) is 0.200. The number of benzene rings is 1. The van der Waals surface area contributed by atoms with E-state index >= 15 is 0 Å². The lowest BCUT2D eigenvalue weighted by Gasteiger charge is -2.18. The van der Waals surface area contributed by atoms with Gasteiger partial charge in [0.2, 0.25) is 10.0 Å². The van der Waals surface area contributed by atoms with Crippen LogP contribution in [0.2, 0.25) is 5.22 Å². The molecule has 0 unspecified atom stereocenters. The molecule has 0 bridgehead atoms. The van der Waals surface area contributed by atoms with E-state index in [1.54, 1.807) is 55.5 Å². The SMILES string of the molecule is CCS(=O)(=O)Nc1cccc(C2=NN(C(=O)c3ccco3)[C@H](c3ccc(Cl)o3)C2)c1. The van der Waals surface area contributed by atoms with Crippen molar-refractivity contribution in [1.29, 1.82) is 0 Å². The van der Waals surface area contributed by atoms with Gasteiger partial charge in [-0.25, -0.2) is 13.4 Å². The summed E-state index contributed by atoms with van der Waals surface area (Å²) >= 11 is 5.92. The summed E-state index contributed by atoms with van der Waals surface area (Å²) in [6.45, 7) is 1.56. The number of nitrogens with one attached hydrogen (secondary N) is 1. The predicted molar refractivity (Wildman–Crippen MR) is 112 cm³/mol. The fourth-order valence-electron chi connectivity index (χ4n) is 3.13. The summed E-state index contributed by atoms with van der Waals surface area (Å²) in [6.07, 6.45) is 1.77. The van der Waals surface area contributed by atoms with Gasteiger partial charge in [-0.05, 0) is 60.5 Å². The van der Waals surface area contributed by atoms with Crippen molar-refractivity contribution in [3.8, 4) is 0 Å². The molecule has 0 fully saturated rings. The molecule has 1 amide bonds. The zero-order chi connectivity index (χ0) is 21.3. The van der Waals surface area contributed by atoms with Crippen LogP contribution in [0.5, 0.6) is 0 Å². The predicted octanol–water partition coefficient (Wildman–Crippen LogP) is 4.28. The Morgan fingerprint density at radius 1 is 1.27 bits per heavy atom. The molecule has 1 aliphatic rings. The molecule has 1 atom stereocenters. The van der Waals surface area contributed by atoms with Crippen LogP contribution < -0.4 is 4.72 Å². The molecular weight excluding hydrogens is 430 g/mol. The van der Waals surface area contributed by atoms with E-state index in [0.29, 0.717) is 29.1 Å². The smallest absolute Gasteiger partial charge is 0.310 e. The number of nitrogens with zero attached hydrogens (tertiary/aromatic N) is 2. The van der Waals surface area contributed by atoms with Gasteiger partial charge >= 0.3 is 5.91 Å². The maximum atomic E-state index is 12.9. The molecule has 3 aromatic rings. The van der Waals surface area contributed by atoms with Gasteiger partial charge in [0.15, 0.2) is 11.0 Å². The first kappa shape index (κ1) is 20.2. The monoisotopic (exact) mass is 447 g/mol. The Labute approximate surface area is 178 Å². The summed E-state index contributed by atoms with van der Waals surface area (Å²) in [5.74, 6) is 0.175. The zero-order valence-corrected chi connectivity index (χ0v) is 17.5. The minimum atomic E-state index is -3.41. The highest BCUT2D eigenvalue weighted by molar-refractivity contribution is 7.92. The van der Waals surface area contributed by atoms with Crippen LogP contribution in [0, 0.1) is 0 Å². The van der Waals surface area contributed by atoms with Crippen LogP contribution in [0.1, 0.15) is 41.3 Å². The van der Waals surface area contributed by atoms with Crippen molar-refractivity contribution in [2.45, 2.75) is 19.4 Å². The number of halogens is 1. The number of furan rings is 2. The van der Waals surface area contributed by atoms with Gasteiger partial charge in [0.25, 0.3) is 0 Å². The molecule has 0 aliphatic carbocycles. The van der Waals surface area contributed by atoms with Gasteiger partial charge in [-0.2, -0.15) is 5.10 Å². The normalized spacial score (nSPS) is 16.5. The van der Waals surface area contributed by atoms with Crippen LogP contribution >= 0.6 is 11.6 Å². The van der Waals surface area contributed by atoms with Crippen LogP contribution in [-0.2, 0) is 10.0 Å². The van der Waals surface area contributed by atoms with Crippen LogP contribution in [0.4, 0.5) is 5.69 Å². The Morgan fingerprint density at radius 2 is 2.10 bits per heavy atom. The third-order valence-corrected chi connectivity index (χ3v) is 6.13. The van der Waals surface area contributed by atoms with Crippen LogP contribution in [0.15, 0.2) is 68.7 Å². The van der Waals surface area contributed by atoms with Crippen LogP contribution in [-0.4, -0.2) is 30.8 Å². The van der Waals surface area contributed by atoms with Crippen LogP contribution in [0.3, 0.4) is 0 Å². The second kappa shape index (κ2) is 8.00. The van der Waals surface area contributed by atoms with Gasteiger partial charge in [0.05, 0.1) is 17.7 Å². The second-order valence-electron chi connectivity index (χ2n) is 6.62. The third kappa shape index (κ3) is 4.12. The molecule has 156 valence electrons. The van der Waals surface area contributed by atoms with Crippen molar-refractivity contribution >= 4 is 38.9 Å². The molecule has 0 saturated carbocycles. The molecule has 3 heterocycles. The van der Waals surface area contributed by atoms with Crippen molar-refractivity contribution in [3.05, 3.63) is 77.1 Å². The van der Waals surface area contributed by atoms with Gasteiger partial charge in [-0.1, -0.05) is 12.1 Å². The summed E-state index contributed by atoms with van der Waals surface area (Å²) in [5.41, 5.74) is 1.71. The molecule has 1 N–H and O–H groups in total. The first-order valence-electron chi connectivity index (χ1n) is 9.17. The fourth-order valence-corrected chi connectivity index (χ4v) is 3.91. The lowest BCUT2D eigenvalue weighted by molar-refractivity contribution is 0.0660. The van der Waals surface area contributed by atoms with Crippen molar-refractivity contribution in [2.75, 3.05) is 10.5 Å². The number of amides is 1. The quantitative estimate of drug-likeness (QED) is 0.607. The number of sulfonamides is 1. The largest absolute Gasteiger partial charge is 0.459 e. The van der Waals surface area contributed by atoms with E-state index in [9.17, 15) is 13.2 Å². The average Bonchev–Trinajstić information content (AvgIpc) is 3.47. The van der Waals surface area contributed by atoms with E-state index in [1.165, 1.54) is 11.3 Å². The van der Waals surface area contributed by atoms with Gasteiger partial charge in [-0.15, -0.1) is 0 Å². The molecule has 1 aliphatic heterocycles. The highest BCUT2D eigenvalue weighted by atomic mass is 35.5. The molecule has 0 spiro atoms. The summed E-state index contributed by atoms with van der Waals surface area (Å²) in [6, 6.07) is 12.8. The molecule has 30 heavy (non-hydrogen) atoms. The Morgan fingerprint density at radius 3 is 2.77 bits per heavy atom. The van der Waals surface area contributed by atoms with Crippen molar-refractivity contribution < 1.29 is 22.0 Å². The number of hydrazone groups is 1. The summed E-state index contributed by atoms with van der Waals surface area (Å²) in [5, 5.41) is 6.01. The molecule has 2 aromatic heterocycles. The molecule has 1 aromatic carbocycles. The number of hydrogen-bond donors (Lipinski definition) is 1. The first-order valence-corrected chi connectivity index (χ1v) is 11.2. The van der Waals surface area contributed by atoms with E-state index in [2.05, 4.69) is 9.82 Å². The molecule has 0 saturated heterocycles. The Bertz CT molecular complexity index is 1200. The molecule has 4 rings (SSSR count). The maximum absolute atomic E-state index is 12.9. The van der Waals surface area contributed by atoms with Crippen molar-refractivity contribution in [3.63, 3.8) is 0 Å². The first-order chi connectivity index (χ1) is 14.4. The highest BCUT2D eigenvalue weighted by Gasteiger charge is 2.36. The number of hydrogen-bond acceptors (Lipinski definition) is 6. The Hall–Kier alpha value is -3.04. The molecular formula is C20H18ClN3O5S. The summed E-state index contributed by atoms with van der Waals surface area (Å²) in [7, 11) is -3.41. The van der Waals surface area contributed by atoms with Crippen molar-refractivity contribution in [1.82, 2.24) is 5.01 Å². The third-order valence-electron chi connectivity index (χ3n) is 4.62. The molecule has 10 heteroatoms. The number of carbonyl (C=O) groups is 1. The number of anilines is 1. The van der Waals surface area contributed by atoms with Crippen LogP contribution in [0.25, 0.3) is 0 Å². The maximum Gasteiger partial charge on any atom is 0.310 e. The van der Waals surface area contributed by atoms with E-state index in [-0.39, 0.29) is 16.7 Å². The van der Waals surface area contributed by atoms with E-state index in [4.69, 9.17) is 20.4 Å². The van der Waals surface area contributed by atoms with Gasteiger partial charge in [0.1, 0.15) is 11.8 Å². The van der Waals surface area contributed by atoms with Gasteiger partial charge in [-0.3, -0.25) is 9.52 Å². The molecule has 8 nitrogen and oxygen atoms in total. The van der Waals surface area contributed by atoms with E-state index < -0.39 is 22.0 Å². The lowest BCUT2D eigenvalue weighted by atomic mass is 10.0. The van der Waals surface area contributed by atoms with Gasteiger partial charge in [0, 0.05) is 12.1 Å². The standard InChI is InChI=1S/C20H18ClN3O5S/c1-2-30(26,27)23-14-6-3-5-13(11-14)15-12-16(17-8-9-19(21)29-17)24(22-15)20(25)18-7-4-10-28-18/h3-11,16,23H,2,12H2,1H3/t16-/m0/s1. The highest BCUT2D eigenvalue weighted by Crippen LogP contribution is 2.36. The average molecular weight is 448 g/mol. The van der Waals surface area contributed by atoms with Gasteiger partial charge < -0.3 is 8.83 Å². The van der Waals surface area contributed by atoms with Crippen molar-refractivity contribution in [2.24, 2.45) is 5.10 Å². The Kier molecular flexibility index (Phi) is 5.40.